The molecule has 1 aromatic heterocycles. The molecule has 96 valence electrons. The van der Waals surface area contributed by atoms with Crippen LogP contribution in [0.4, 0.5) is 0 Å². The van der Waals surface area contributed by atoms with Crippen molar-refractivity contribution < 1.29 is 9.53 Å². The number of esters is 1. The second-order valence-corrected chi connectivity index (χ2v) is 4.24. The highest BCUT2D eigenvalue weighted by atomic mass is 35.5. The van der Waals surface area contributed by atoms with Crippen molar-refractivity contribution in [1.82, 2.24) is 4.98 Å². The van der Waals surface area contributed by atoms with Gasteiger partial charge in [-0.3, -0.25) is 9.78 Å². The summed E-state index contributed by atoms with van der Waals surface area (Å²) in [5.74, 6) is 0.0543. The summed E-state index contributed by atoms with van der Waals surface area (Å²) in [7, 11) is 0. The summed E-state index contributed by atoms with van der Waals surface area (Å²) in [5, 5.41) is 0.656. The molecule has 1 aromatic carbocycles. The van der Waals surface area contributed by atoms with Crippen molar-refractivity contribution in [3.05, 3.63) is 58.9 Å². The Hall–Kier alpha value is -2.13. The molecule has 19 heavy (non-hydrogen) atoms. The van der Waals surface area contributed by atoms with E-state index in [1.54, 1.807) is 24.4 Å². The molecule has 0 N–H and O–H groups in total. The standard InChI is InChI=1S/C15H12ClNO2/c1-11(18)19-15-7-4-10-17-14(15)9-8-12-5-2-3-6-13(12)16/h2-10H,1H3. The SMILES string of the molecule is CC(=O)Oc1cccnc1C=Cc1ccccc1Cl. The third kappa shape index (κ3) is 3.66. The second kappa shape index (κ2) is 6.16. The molecule has 0 saturated carbocycles. The van der Waals surface area contributed by atoms with Gasteiger partial charge >= 0.3 is 5.97 Å². The predicted molar refractivity (Wildman–Crippen MR) is 75.9 cm³/mol. The maximum atomic E-state index is 11.0. The molecule has 0 amide bonds. The molecule has 0 aliphatic rings. The number of carbonyl (C=O) groups is 1. The quantitative estimate of drug-likeness (QED) is 0.798. The molecule has 0 atom stereocenters. The first-order valence-electron chi connectivity index (χ1n) is 5.73. The number of hydrogen-bond acceptors (Lipinski definition) is 3. The number of nitrogens with zero attached hydrogens (tertiary/aromatic N) is 1. The molecular weight excluding hydrogens is 262 g/mol. The van der Waals surface area contributed by atoms with Crippen molar-refractivity contribution >= 4 is 29.7 Å². The van der Waals surface area contributed by atoms with Gasteiger partial charge in [-0.15, -0.1) is 0 Å². The molecule has 0 unspecified atom stereocenters. The van der Waals surface area contributed by atoms with Gasteiger partial charge in [0.2, 0.25) is 0 Å². The summed E-state index contributed by atoms with van der Waals surface area (Å²) < 4.78 is 5.08. The van der Waals surface area contributed by atoms with Crippen molar-refractivity contribution in [2.45, 2.75) is 6.92 Å². The lowest BCUT2D eigenvalue weighted by atomic mass is 10.2. The predicted octanol–water partition coefficient (Wildman–Crippen LogP) is 3.83. The van der Waals surface area contributed by atoms with E-state index in [-0.39, 0.29) is 5.97 Å². The molecule has 0 aliphatic heterocycles. The molecule has 4 heteroatoms. The molecular formula is C15H12ClNO2. The third-order valence-electron chi connectivity index (χ3n) is 2.38. The first kappa shape index (κ1) is 13.3. The van der Waals surface area contributed by atoms with Crippen LogP contribution in [0, 0.1) is 0 Å². The highest BCUT2D eigenvalue weighted by Gasteiger charge is 2.04. The van der Waals surface area contributed by atoms with Crippen LogP contribution in [0.1, 0.15) is 18.2 Å². The number of carbonyl (C=O) groups excluding carboxylic acids is 1. The van der Waals surface area contributed by atoms with Crippen molar-refractivity contribution in [3.63, 3.8) is 0 Å². The Balaban J connectivity index is 2.28. The largest absolute Gasteiger partial charge is 0.424 e. The summed E-state index contributed by atoms with van der Waals surface area (Å²) in [5.41, 5.74) is 1.46. The Morgan fingerprint density at radius 1 is 1.21 bits per heavy atom. The lowest BCUT2D eigenvalue weighted by Crippen LogP contribution is -2.03. The van der Waals surface area contributed by atoms with Gasteiger partial charge in [-0.2, -0.15) is 0 Å². The molecule has 0 aliphatic carbocycles. The van der Waals surface area contributed by atoms with Crippen LogP contribution in [0.5, 0.6) is 5.75 Å². The van der Waals surface area contributed by atoms with Crippen molar-refractivity contribution in [2.75, 3.05) is 0 Å². The van der Waals surface area contributed by atoms with E-state index in [4.69, 9.17) is 16.3 Å². The fourth-order valence-electron chi connectivity index (χ4n) is 1.55. The third-order valence-corrected chi connectivity index (χ3v) is 2.72. The number of ether oxygens (including phenoxy) is 1. The average Bonchev–Trinajstić information content (AvgIpc) is 2.39. The Morgan fingerprint density at radius 3 is 2.74 bits per heavy atom. The van der Waals surface area contributed by atoms with Gasteiger partial charge in [-0.1, -0.05) is 35.9 Å². The van der Waals surface area contributed by atoms with Crippen LogP contribution in [0.3, 0.4) is 0 Å². The molecule has 0 bridgehead atoms. The van der Waals surface area contributed by atoms with Crippen LogP contribution in [-0.2, 0) is 4.79 Å². The first-order chi connectivity index (χ1) is 9.16. The van der Waals surface area contributed by atoms with Crippen LogP contribution in [-0.4, -0.2) is 11.0 Å². The minimum absolute atomic E-state index is 0.375. The zero-order valence-electron chi connectivity index (χ0n) is 10.3. The summed E-state index contributed by atoms with van der Waals surface area (Å²) in [6, 6.07) is 10.9. The molecule has 0 spiro atoms. The van der Waals surface area contributed by atoms with Crippen molar-refractivity contribution in [2.24, 2.45) is 0 Å². The number of benzene rings is 1. The maximum Gasteiger partial charge on any atom is 0.308 e. The van der Waals surface area contributed by atoms with E-state index < -0.39 is 0 Å². The van der Waals surface area contributed by atoms with Crippen LogP contribution < -0.4 is 4.74 Å². The van der Waals surface area contributed by atoms with Crippen LogP contribution >= 0.6 is 11.6 Å². The van der Waals surface area contributed by atoms with Gasteiger partial charge in [0.05, 0.1) is 0 Å². The van der Waals surface area contributed by atoms with Gasteiger partial charge in [0.1, 0.15) is 5.69 Å². The Kier molecular flexibility index (Phi) is 4.31. The summed E-state index contributed by atoms with van der Waals surface area (Å²) in [4.78, 5) is 15.2. The van der Waals surface area contributed by atoms with Crippen LogP contribution in [0.2, 0.25) is 5.02 Å². The van der Waals surface area contributed by atoms with Crippen LogP contribution in [0.25, 0.3) is 12.2 Å². The lowest BCUT2D eigenvalue weighted by molar-refractivity contribution is -0.131. The van der Waals surface area contributed by atoms with Gasteiger partial charge in [0.25, 0.3) is 0 Å². The van der Waals surface area contributed by atoms with Gasteiger partial charge in [-0.25, -0.2) is 0 Å². The topological polar surface area (TPSA) is 39.2 Å². The van der Waals surface area contributed by atoms with Crippen LogP contribution in [0.15, 0.2) is 42.6 Å². The van der Waals surface area contributed by atoms with E-state index in [1.165, 1.54) is 6.92 Å². The van der Waals surface area contributed by atoms with Crippen molar-refractivity contribution in [3.8, 4) is 5.75 Å². The number of halogens is 1. The van der Waals surface area contributed by atoms with E-state index >= 15 is 0 Å². The summed E-state index contributed by atoms with van der Waals surface area (Å²) >= 11 is 6.06. The molecule has 1 heterocycles. The monoisotopic (exact) mass is 273 g/mol. The van der Waals surface area contributed by atoms with Gasteiger partial charge < -0.3 is 4.74 Å². The minimum Gasteiger partial charge on any atom is -0.424 e. The number of aromatic nitrogens is 1. The molecule has 2 rings (SSSR count). The van der Waals surface area contributed by atoms with Gasteiger partial charge in [-0.05, 0) is 29.8 Å². The van der Waals surface area contributed by atoms with E-state index in [0.717, 1.165) is 5.56 Å². The molecule has 0 saturated heterocycles. The first-order valence-corrected chi connectivity index (χ1v) is 6.10. The molecule has 2 aromatic rings. The lowest BCUT2D eigenvalue weighted by Gasteiger charge is -2.04. The maximum absolute atomic E-state index is 11.0. The van der Waals surface area contributed by atoms with E-state index in [0.29, 0.717) is 16.5 Å². The highest BCUT2D eigenvalue weighted by Crippen LogP contribution is 2.21. The Bertz CT molecular complexity index is 623. The number of hydrogen-bond donors (Lipinski definition) is 0. The highest BCUT2D eigenvalue weighted by molar-refractivity contribution is 6.32. The van der Waals surface area contributed by atoms with Gasteiger partial charge in [0, 0.05) is 18.1 Å². The fourth-order valence-corrected chi connectivity index (χ4v) is 1.75. The normalized spacial score (nSPS) is 10.6. The zero-order chi connectivity index (χ0) is 13.7. The second-order valence-electron chi connectivity index (χ2n) is 3.84. The molecule has 0 fully saturated rings. The number of rotatable bonds is 3. The number of pyridine rings is 1. The Labute approximate surface area is 116 Å². The van der Waals surface area contributed by atoms with E-state index in [1.807, 2.05) is 30.3 Å². The molecule has 0 radical (unpaired) electrons. The molecule has 3 nitrogen and oxygen atoms in total. The van der Waals surface area contributed by atoms with E-state index in [9.17, 15) is 4.79 Å². The summed E-state index contributed by atoms with van der Waals surface area (Å²) in [6.07, 6.45) is 5.23. The zero-order valence-corrected chi connectivity index (χ0v) is 11.1. The minimum atomic E-state index is -0.375. The van der Waals surface area contributed by atoms with Crippen molar-refractivity contribution in [1.29, 1.82) is 0 Å². The smallest absolute Gasteiger partial charge is 0.308 e. The summed E-state index contributed by atoms with van der Waals surface area (Å²) in [6.45, 7) is 1.36. The Morgan fingerprint density at radius 2 is 2.00 bits per heavy atom. The van der Waals surface area contributed by atoms with Gasteiger partial charge in [0.15, 0.2) is 5.75 Å². The average molecular weight is 274 g/mol. The van der Waals surface area contributed by atoms with E-state index in [2.05, 4.69) is 4.98 Å². The fraction of sp³-hybridized carbons (Fsp3) is 0.0667.